The first-order chi connectivity index (χ1) is 11.5. The van der Waals surface area contributed by atoms with Gasteiger partial charge < -0.3 is 10.4 Å². The van der Waals surface area contributed by atoms with E-state index in [0.29, 0.717) is 5.56 Å². The highest BCUT2D eigenvalue weighted by Gasteiger charge is 2.45. The lowest BCUT2D eigenvalue weighted by Crippen LogP contribution is -2.42. The third-order valence-electron chi connectivity index (χ3n) is 4.27. The normalized spacial score (nSPS) is 16.4. The number of nitrogens with one attached hydrogen (secondary N) is 1. The van der Waals surface area contributed by atoms with Gasteiger partial charge in [-0.05, 0) is 35.8 Å². The number of carbonyl (C=O) groups is 1. The van der Waals surface area contributed by atoms with E-state index in [4.69, 9.17) is 0 Å². The van der Waals surface area contributed by atoms with Crippen LogP contribution in [0, 0.1) is 16.0 Å². The summed E-state index contributed by atoms with van der Waals surface area (Å²) in [5.41, 5.74) is -0.302. The van der Waals surface area contributed by atoms with Crippen molar-refractivity contribution in [3.05, 3.63) is 62.3 Å². The van der Waals surface area contributed by atoms with E-state index in [1.54, 1.807) is 12.1 Å². The molecule has 1 heterocycles. The Hall–Kier alpha value is -2.25. The predicted molar refractivity (Wildman–Crippen MR) is 90.7 cm³/mol. The Bertz CT molecular complexity index is 726. The fourth-order valence-corrected chi connectivity index (χ4v) is 3.64. The first kappa shape index (κ1) is 16.6. The largest absolute Gasteiger partial charge is 0.382 e. The number of carbonyl (C=O) groups excluding carboxylic acids is 1. The molecule has 1 amide bonds. The summed E-state index contributed by atoms with van der Waals surface area (Å²) in [6.07, 6.45) is 2.06. The van der Waals surface area contributed by atoms with E-state index in [-0.39, 0.29) is 30.5 Å². The zero-order valence-corrected chi connectivity index (χ0v) is 13.8. The van der Waals surface area contributed by atoms with Crippen molar-refractivity contribution in [1.29, 1.82) is 0 Å². The second-order valence-electron chi connectivity index (χ2n) is 6.05. The van der Waals surface area contributed by atoms with Crippen molar-refractivity contribution in [2.75, 3.05) is 6.54 Å². The van der Waals surface area contributed by atoms with Gasteiger partial charge in [0.05, 0.1) is 17.9 Å². The number of rotatable bonds is 7. The lowest BCUT2D eigenvalue weighted by Gasteiger charge is -2.27. The molecule has 1 saturated carbocycles. The first-order valence-corrected chi connectivity index (χ1v) is 8.63. The summed E-state index contributed by atoms with van der Waals surface area (Å²) in [5, 5.41) is 26.3. The lowest BCUT2D eigenvalue weighted by molar-refractivity contribution is -0.384. The van der Waals surface area contributed by atoms with E-state index in [0.717, 1.165) is 17.7 Å². The Kier molecular flexibility index (Phi) is 4.64. The molecular weight excluding hydrogens is 328 g/mol. The van der Waals surface area contributed by atoms with Crippen LogP contribution in [0.4, 0.5) is 5.69 Å². The summed E-state index contributed by atoms with van der Waals surface area (Å²) in [6.45, 7) is 0.185. The van der Waals surface area contributed by atoms with E-state index in [9.17, 15) is 20.0 Å². The van der Waals surface area contributed by atoms with Gasteiger partial charge in [0.2, 0.25) is 5.91 Å². The second-order valence-corrected chi connectivity index (χ2v) is 7.00. The highest BCUT2D eigenvalue weighted by Crippen LogP contribution is 2.46. The second kappa shape index (κ2) is 6.70. The van der Waals surface area contributed by atoms with Gasteiger partial charge in [-0.1, -0.05) is 18.2 Å². The Labute approximate surface area is 143 Å². The Balaban J connectivity index is 1.59. The molecule has 0 aliphatic heterocycles. The van der Waals surface area contributed by atoms with Crippen LogP contribution in [0.5, 0.6) is 0 Å². The van der Waals surface area contributed by atoms with Crippen molar-refractivity contribution in [3.63, 3.8) is 0 Å². The predicted octanol–water partition coefficient (Wildman–Crippen LogP) is 2.61. The fourth-order valence-electron chi connectivity index (χ4n) is 2.74. The fraction of sp³-hybridized carbons (Fsp3) is 0.353. The molecule has 2 aromatic rings. The number of benzene rings is 1. The highest BCUT2D eigenvalue weighted by molar-refractivity contribution is 7.10. The van der Waals surface area contributed by atoms with E-state index in [2.05, 4.69) is 5.32 Å². The van der Waals surface area contributed by atoms with Gasteiger partial charge in [0.15, 0.2) is 0 Å². The minimum atomic E-state index is -1.00. The summed E-state index contributed by atoms with van der Waals surface area (Å²) in [5.74, 6) is -0.0182. The van der Waals surface area contributed by atoms with Crippen molar-refractivity contribution in [2.45, 2.75) is 24.9 Å². The van der Waals surface area contributed by atoms with E-state index >= 15 is 0 Å². The number of nitro benzene ring substituents is 1. The maximum absolute atomic E-state index is 12.1. The van der Waals surface area contributed by atoms with Crippen molar-refractivity contribution in [1.82, 2.24) is 5.32 Å². The molecule has 1 aromatic carbocycles. The molecule has 126 valence electrons. The Morgan fingerprint density at radius 2 is 2.04 bits per heavy atom. The molecule has 3 rings (SSSR count). The average Bonchev–Trinajstić information content (AvgIpc) is 3.28. The number of aliphatic hydroxyl groups is 1. The molecule has 1 unspecified atom stereocenters. The number of nitro groups is 1. The molecule has 0 bridgehead atoms. The highest BCUT2D eigenvalue weighted by atomic mass is 32.1. The zero-order valence-electron chi connectivity index (χ0n) is 13.0. The molecule has 6 nitrogen and oxygen atoms in total. The van der Waals surface area contributed by atoms with Gasteiger partial charge in [-0.25, -0.2) is 0 Å². The van der Waals surface area contributed by atoms with Gasteiger partial charge in [-0.2, -0.15) is 0 Å². The molecular formula is C17H18N2O4S. The minimum Gasteiger partial charge on any atom is -0.382 e. The molecule has 1 aromatic heterocycles. The third kappa shape index (κ3) is 3.63. The number of hydrogen-bond donors (Lipinski definition) is 2. The van der Waals surface area contributed by atoms with Crippen LogP contribution in [-0.2, 0) is 16.8 Å². The lowest BCUT2D eigenvalue weighted by atomic mass is 9.95. The van der Waals surface area contributed by atoms with Gasteiger partial charge in [0.1, 0.15) is 5.60 Å². The van der Waals surface area contributed by atoms with Gasteiger partial charge in [-0.3, -0.25) is 14.9 Å². The van der Waals surface area contributed by atoms with Gasteiger partial charge >= 0.3 is 0 Å². The van der Waals surface area contributed by atoms with Gasteiger partial charge in [0, 0.05) is 17.0 Å². The summed E-state index contributed by atoms with van der Waals surface area (Å²) >= 11 is 1.49. The summed E-state index contributed by atoms with van der Waals surface area (Å²) in [4.78, 5) is 23.2. The van der Waals surface area contributed by atoms with Crippen LogP contribution in [0.25, 0.3) is 0 Å². The maximum Gasteiger partial charge on any atom is 0.269 e. The number of amides is 1. The van der Waals surface area contributed by atoms with Crippen LogP contribution >= 0.6 is 11.3 Å². The molecule has 1 atom stereocenters. The molecule has 0 radical (unpaired) electrons. The van der Waals surface area contributed by atoms with E-state index < -0.39 is 10.5 Å². The molecule has 1 fully saturated rings. The topological polar surface area (TPSA) is 92.5 Å². The zero-order chi connectivity index (χ0) is 17.2. The van der Waals surface area contributed by atoms with Crippen LogP contribution in [0.1, 0.15) is 23.3 Å². The monoisotopic (exact) mass is 346 g/mol. The standard InChI is InChI=1S/C17H18N2O4S/c20-16(10-12-3-7-14(8-4-12)19(22)23)18-11-17(21,13-5-6-13)15-2-1-9-24-15/h1-4,7-9,13,21H,5-6,10-11H2,(H,18,20). The maximum atomic E-state index is 12.1. The van der Waals surface area contributed by atoms with E-state index in [1.807, 2.05) is 17.5 Å². The number of hydrogen-bond acceptors (Lipinski definition) is 5. The summed E-state index contributed by atoms with van der Waals surface area (Å²) in [6, 6.07) is 9.70. The summed E-state index contributed by atoms with van der Waals surface area (Å²) < 4.78 is 0. The SMILES string of the molecule is O=C(Cc1ccc([N+](=O)[O-])cc1)NCC(O)(c1cccs1)C1CC1. The molecule has 0 spiro atoms. The molecule has 24 heavy (non-hydrogen) atoms. The number of nitrogens with zero attached hydrogens (tertiary/aromatic N) is 1. The van der Waals surface area contributed by atoms with Gasteiger partial charge in [-0.15, -0.1) is 11.3 Å². The van der Waals surface area contributed by atoms with Gasteiger partial charge in [0.25, 0.3) is 5.69 Å². The Morgan fingerprint density at radius 1 is 1.33 bits per heavy atom. The van der Waals surface area contributed by atoms with Crippen molar-refractivity contribution < 1.29 is 14.8 Å². The van der Waals surface area contributed by atoms with Crippen molar-refractivity contribution >= 4 is 22.9 Å². The minimum absolute atomic E-state index is 0.0000351. The number of thiophene rings is 1. The quantitative estimate of drug-likeness (QED) is 0.595. The van der Waals surface area contributed by atoms with Crippen LogP contribution in [0.3, 0.4) is 0 Å². The first-order valence-electron chi connectivity index (χ1n) is 7.75. The van der Waals surface area contributed by atoms with Crippen molar-refractivity contribution in [2.24, 2.45) is 5.92 Å². The smallest absolute Gasteiger partial charge is 0.269 e. The third-order valence-corrected chi connectivity index (χ3v) is 5.30. The molecule has 7 heteroatoms. The average molecular weight is 346 g/mol. The van der Waals surface area contributed by atoms with Crippen LogP contribution in [0.15, 0.2) is 41.8 Å². The van der Waals surface area contributed by atoms with Crippen LogP contribution in [0.2, 0.25) is 0 Å². The molecule has 0 saturated heterocycles. The summed E-state index contributed by atoms with van der Waals surface area (Å²) in [7, 11) is 0. The van der Waals surface area contributed by atoms with Crippen LogP contribution in [-0.4, -0.2) is 22.5 Å². The molecule has 1 aliphatic carbocycles. The molecule has 1 aliphatic rings. The van der Waals surface area contributed by atoms with E-state index in [1.165, 1.54) is 23.5 Å². The number of non-ortho nitro benzene ring substituents is 1. The van der Waals surface area contributed by atoms with Crippen LogP contribution < -0.4 is 5.32 Å². The van der Waals surface area contributed by atoms with Crippen molar-refractivity contribution in [3.8, 4) is 0 Å². The molecule has 2 N–H and O–H groups in total. The Morgan fingerprint density at radius 3 is 2.58 bits per heavy atom.